The van der Waals surface area contributed by atoms with E-state index in [1.54, 1.807) is 36.4 Å². The standard InChI is InChI=1S/C26H20ClNO4/c1-15-3-2-4-17(13-15)23-22(24(29)18-5-10-21-16(14-18)11-12-32-21)25(30)26(31)28(23)20-8-6-19(27)7-9-20/h2-10,13-14,23,29H,11-12H2,1H3/b24-22-. The zero-order valence-corrected chi connectivity index (χ0v) is 18.1. The van der Waals surface area contributed by atoms with Crippen molar-refractivity contribution in [2.75, 3.05) is 11.5 Å². The number of aliphatic hydroxyl groups excluding tert-OH is 1. The molecule has 1 saturated heterocycles. The normalized spacial score (nSPS) is 19.2. The maximum atomic E-state index is 13.2. The number of ether oxygens (including phenoxy) is 1. The van der Waals surface area contributed by atoms with Gasteiger partial charge >= 0.3 is 0 Å². The van der Waals surface area contributed by atoms with Gasteiger partial charge in [0.05, 0.1) is 18.2 Å². The van der Waals surface area contributed by atoms with Crippen LogP contribution in [0, 0.1) is 6.92 Å². The molecule has 1 amide bonds. The lowest BCUT2D eigenvalue weighted by Gasteiger charge is -2.25. The highest BCUT2D eigenvalue weighted by molar-refractivity contribution is 6.51. The molecule has 0 aliphatic carbocycles. The third-order valence-electron chi connectivity index (χ3n) is 5.87. The Morgan fingerprint density at radius 1 is 1.06 bits per heavy atom. The molecule has 0 aromatic heterocycles. The molecule has 3 aromatic rings. The number of aliphatic hydroxyl groups is 1. The van der Waals surface area contributed by atoms with Gasteiger partial charge in [0.1, 0.15) is 11.5 Å². The van der Waals surface area contributed by atoms with Crippen LogP contribution in [0.4, 0.5) is 5.69 Å². The molecule has 5 nitrogen and oxygen atoms in total. The molecular weight excluding hydrogens is 426 g/mol. The Balaban J connectivity index is 1.71. The number of carbonyl (C=O) groups is 2. The minimum atomic E-state index is -0.763. The maximum absolute atomic E-state index is 13.2. The van der Waals surface area contributed by atoms with Gasteiger partial charge in [0.25, 0.3) is 11.7 Å². The average Bonchev–Trinajstić information content (AvgIpc) is 3.36. The van der Waals surface area contributed by atoms with E-state index in [0.717, 1.165) is 28.9 Å². The van der Waals surface area contributed by atoms with Crippen molar-refractivity contribution in [1.29, 1.82) is 0 Å². The summed E-state index contributed by atoms with van der Waals surface area (Å²) in [6, 6.07) is 18.9. The summed E-state index contributed by atoms with van der Waals surface area (Å²) in [7, 11) is 0. The van der Waals surface area contributed by atoms with Crippen molar-refractivity contribution in [3.05, 3.63) is 99.6 Å². The molecule has 1 atom stereocenters. The second-order valence-electron chi connectivity index (χ2n) is 7.98. The lowest BCUT2D eigenvalue weighted by molar-refractivity contribution is -0.132. The van der Waals surface area contributed by atoms with Crippen molar-refractivity contribution < 1.29 is 19.4 Å². The van der Waals surface area contributed by atoms with Gasteiger partial charge in [0.15, 0.2) is 0 Å². The number of aryl methyl sites for hydroxylation is 1. The highest BCUT2D eigenvalue weighted by Gasteiger charge is 2.47. The largest absolute Gasteiger partial charge is 0.507 e. The fraction of sp³-hybridized carbons (Fsp3) is 0.154. The topological polar surface area (TPSA) is 66.8 Å². The smallest absolute Gasteiger partial charge is 0.300 e. The zero-order chi connectivity index (χ0) is 22.4. The third kappa shape index (κ3) is 3.35. The van der Waals surface area contributed by atoms with E-state index in [2.05, 4.69) is 0 Å². The molecule has 1 fully saturated rings. The molecule has 160 valence electrons. The number of nitrogens with zero attached hydrogens (tertiary/aromatic N) is 1. The number of halogens is 1. The van der Waals surface area contributed by atoms with Crippen molar-refractivity contribution in [3.63, 3.8) is 0 Å². The maximum Gasteiger partial charge on any atom is 0.300 e. The molecule has 0 saturated carbocycles. The first-order chi connectivity index (χ1) is 15.4. The molecular formula is C26H20ClNO4. The van der Waals surface area contributed by atoms with E-state index in [1.807, 2.05) is 37.3 Å². The van der Waals surface area contributed by atoms with Gasteiger partial charge in [0, 0.05) is 22.7 Å². The van der Waals surface area contributed by atoms with E-state index in [-0.39, 0.29) is 11.3 Å². The summed E-state index contributed by atoms with van der Waals surface area (Å²) >= 11 is 6.03. The van der Waals surface area contributed by atoms with Crippen molar-refractivity contribution in [2.45, 2.75) is 19.4 Å². The molecule has 0 bridgehead atoms. The van der Waals surface area contributed by atoms with E-state index < -0.39 is 17.7 Å². The van der Waals surface area contributed by atoms with Crippen LogP contribution in [-0.2, 0) is 16.0 Å². The lowest BCUT2D eigenvalue weighted by atomic mass is 9.93. The van der Waals surface area contributed by atoms with Crippen LogP contribution in [0.5, 0.6) is 5.75 Å². The zero-order valence-electron chi connectivity index (χ0n) is 17.3. The highest BCUT2D eigenvalue weighted by Crippen LogP contribution is 2.43. The number of amides is 1. The summed E-state index contributed by atoms with van der Waals surface area (Å²) in [5.41, 5.74) is 3.77. The van der Waals surface area contributed by atoms with Crippen molar-refractivity contribution in [3.8, 4) is 5.75 Å². The molecule has 1 N–H and O–H groups in total. The number of Topliss-reactive ketones (excluding diaryl/α,β-unsaturated/α-hetero) is 1. The molecule has 3 aromatic carbocycles. The van der Waals surface area contributed by atoms with E-state index in [0.29, 0.717) is 22.9 Å². The molecule has 32 heavy (non-hydrogen) atoms. The third-order valence-corrected chi connectivity index (χ3v) is 6.12. The van der Waals surface area contributed by atoms with Gasteiger partial charge in [-0.25, -0.2) is 0 Å². The predicted molar refractivity (Wildman–Crippen MR) is 123 cm³/mol. The van der Waals surface area contributed by atoms with E-state index >= 15 is 0 Å². The van der Waals surface area contributed by atoms with Crippen molar-refractivity contribution in [1.82, 2.24) is 0 Å². The number of anilines is 1. The van der Waals surface area contributed by atoms with Crippen LogP contribution in [0.1, 0.15) is 28.3 Å². The molecule has 2 aliphatic heterocycles. The first kappa shape index (κ1) is 20.3. The Kier molecular flexibility index (Phi) is 4.98. The number of carbonyl (C=O) groups excluding carboxylic acids is 2. The molecule has 1 unspecified atom stereocenters. The molecule has 6 heteroatoms. The van der Waals surface area contributed by atoms with Gasteiger partial charge in [0.2, 0.25) is 0 Å². The van der Waals surface area contributed by atoms with Crippen LogP contribution >= 0.6 is 11.6 Å². The summed E-state index contributed by atoms with van der Waals surface area (Å²) in [5.74, 6) is -0.829. The first-order valence-electron chi connectivity index (χ1n) is 10.3. The number of hydrogen-bond donors (Lipinski definition) is 1. The highest BCUT2D eigenvalue weighted by atomic mass is 35.5. The Bertz CT molecular complexity index is 1280. The molecule has 5 rings (SSSR count). The van der Waals surface area contributed by atoms with Crippen LogP contribution in [0.2, 0.25) is 5.02 Å². The van der Waals surface area contributed by atoms with Gasteiger partial charge in [-0.2, -0.15) is 0 Å². The second-order valence-corrected chi connectivity index (χ2v) is 8.42. The summed E-state index contributed by atoms with van der Waals surface area (Å²) in [4.78, 5) is 27.8. The average molecular weight is 446 g/mol. The van der Waals surface area contributed by atoms with Gasteiger partial charge in [-0.3, -0.25) is 14.5 Å². The van der Waals surface area contributed by atoms with Crippen LogP contribution in [0.3, 0.4) is 0 Å². The summed E-state index contributed by atoms with van der Waals surface area (Å²) in [6.45, 7) is 2.53. The van der Waals surface area contributed by atoms with Gasteiger partial charge < -0.3 is 9.84 Å². The first-order valence-corrected chi connectivity index (χ1v) is 10.7. The van der Waals surface area contributed by atoms with Crippen molar-refractivity contribution in [2.24, 2.45) is 0 Å². The Morgan fingerprint density at radius 3 is 2.59 bits per heavy atom. The van der Waals surface area contributed by atoms with E-state index in [1.165, 1.54) is 4.90 Å². The number of ketones is 1. The predicted octanol–water partition coefficient (Wildman–Crippen LogP) is 5.21. The van der Waals surface area contributed by atoms with Gasteiger partial charge in [-0.1, -0.05) is 41.4 Å². The summed E-state index contributed by atoms with van der Waals surface area (Å²) in [5, 5.41) is 11.8. The monoisotopic (exact) mass is 445 g/mol. The van der Waals surface area contributed by atoms with Crippen LogP contribution in [0.25, 0.3) is 5.76 Å². The minimum absolute atomic E-state index is 0.0643. The Labute approximate surface area is 190 Å². The molecule has 0 radical (unpaired) electrons. The van der Waals surface area contributed by atoms with Gasteiger partial charge in [-0.05, 0) is 60.5 Å². The van der Waals surface area contributed by atoms with Crippen LogP contribution in [-0.4, -0.2) is 23.4 Å². The second kappa shape index (κ2) is 7.84. The number of fused-ring (bicyclic) bond motifs is 1. The fourth-order valence-electron chi connectivity index (χ4n) is 4.35. The Hall–Kier alpha value is -3.57. The SMILES string of the molecule is Cc1cccc(C2/C(=C(/O)c3ccc4c(c3)CCO4)C(=O)C(=O)N2c2ccc(Cl)cc2)c1. The number of benzene rings is 3. The van der Waals surface area contributed by atoms with Gasteiger partial charge in [-0.15, -0.1) is 0 Å². The van der Waals surface area contributed by atoms with Crippen LogP contribution < -0.4 is 9.64 Å². The minimum Gasteiger partial charge on any atom is -0.507 e. The number of rotatable bonds is 3. The Morgan fingerprint density at radius 2 is 1.84 bits per heavy atom. The van der Waals surface area contributed by atoms with Crippen LogP contribution in [0.15, 0.2) is 72.3 Å². The summed E-state index contributed by atoms with van der Waals surface area (Å²) < 4.78 is 5.55. The fourth-order valence-corrected chi connectivity index (χ4v) is 4.47. The molecule has 2 aliphatic rings. The van der Waals surface area contributed by atoms with Crippen molar-refractivity contribution >= 4 is 34.7 Å². The molecule has 2 heterocycles. The molecule has 0 spiro atoms. The lowest BCUT2D eigenvalue weighted by Crippen LogP contribution is -2.29. The summed E-state index contributed by atoms with van der Waals surface area (Å²) in [6.07, 6.45) is 0.733. The van der Waals surface area contributed by atoms with E-state index in [4.69, 9.17) is 16.3 Å². The quantitative estimate of drug-likeness (QED) is 0.341. The number of hydrogen-bond acceptors (Lipinski definition) is 4. The van der Waals surface area contributed by atoms with E-state index in [9.17, 15) is 14.7 Å².